The van der Waals surface area contributed by atoms with E-state index in [2.05, 4.69) is 5.32 Å². The molecule has 1 aromatic rings. The molecule has 0 saturated heterocycles. The molecule has 0 radical (unpaired) electrons. The fourth-order valence-electron chi connectivity index (χ4n) is 1.65. The zero-order chi connectivity index (χ0) is 13.7. The Morgan fingerprint density at radius 3 is 2.78 bits per heavy atom. The largest absolute Gasteiger partial charge is 0.505 e. The van der Waals surface area contributed by atoms with E-state index in [1.54, 1.807) is 18.0 Å². The number of rotatable bonds is 5. The first-order chi connectivity index (χ1) is 8.40. The Bertz CT molecular complexity index is 421. The van der Waals surface area contributed by atoms with Gasteiger partial charge in [0.05, 0.1) is 6.54 Å². The number of amides is 1. The topological polar surface area (TPSA) is 52.6 Å². The number of hydrogen-bond donors (Lipinski definition) is 2. The Labute approximate surface area is 106 Å². The van der Waals surface area contributed by atoms with Crippen LogP contribution in [0, 0.1) is 5.82 Å². The SMILES string of the molecule is CC(C)NC(=O)CN(C)Cc1cccc(F)c1O. The summed E-state index contributed by atoms with van der Waals surface area (Å²) in [7, 11) is 1.74. The molecule has 4 nitrogen and oxygen atoms in total. The summed E-state index contributed by atoms with van der Waals surface area (Å²) in [5.74, 6) is -1.09. The molecule has 0 aliphatic rings. The van der Waals surface area contributed by atoms with E-state index in [-0.39, 0.29) is 24.2 Å². The van der Waals surface area contributed by atoms with Crippen molar-refractivity contribution in [2.24, 2.45) is 0 Å². The maximum Gasteiger partial charge on any atom is 0.234 e. The lowest BCUT2D eigenvalue weighted by atomic mass is 10.2. The lowest BCUT2D eigenvalue weighted by Crippen LogP contribution is -2.38. The van der Waals surface area contributed by atoms with E-state index in [1.165, 1.54) is 12.1 Å². The third kappa shape index (κ3) is 4.33. The van der Waals surface area contributed by atoms with Gasteiger partial charge in [-0.05, 0) is 27.0 Å². The normalized spacial score (nSPS) is 11.0. The number of phenolic OH excluding ortho intramolecular Hbond substituents is 1. The van der Waals surface area contributed by atoms with Crippen molar-refractivity contribution in [2.75, 3.05) is 13.6 Å². The lowest BCUT2D eigenvalue weighted by molar-refractivity contribution is -0.122. The van der Waals surface area contributed by atoms with Crippen LogP contribution in [-0.2, 0) is 11.3 Å². The first kappa shape index (κ1) is 14.4. The van der Waals surface area contributed by atoms with Gasteiger partial charge in [0.25, 0.3) is 0 Å². The van der Waals surface area contributed by atoms with Crippen molar-refractivity contribution in [3.8, 4) is 5.75 Å². The van der Waals surface area contributed by atoms with Gasteiger partial charge in [0.2, 0.25) is 5.91 Å². The molecule has 0 saturated carbocycles. The Morgan fingerprint density at radius 2 is 2.17 bits per heavy atom. The first-order valence-electron chi connectivity index (χ1n) is 5.84. The summed E-state index contributed by atoms with van der Waals surface area (Å²) in [5.41, 5.74) is 0.467. The summed E-state index contributed by atoms with van der Waals surface area (Å²) in [5, 5.41) is 12.3. The van der Waals surface area contributed by atoms with Gasteiger partial charge >= 0.3 is 0 Å². The number of nitrogens with zero attached hydrogens (tertiary/aromatic N) is 1. The molecule has 0 aliphatic heterocycles. The molecule has 0 spiro atoms. The summed E-state index contributed by atoms with van der Waals surface area (Å²) in [6.07, 6.45) is 0. The summed E-state index contributed by atoms with van der Waals surface area (Å²) < 4.78 is 13.1. The second-order valence-corrected chi connectivity index (χ2v) is 4.64. The third-order valence-electron chi connectivity index (χ3n) is 2.37. The zero-order valence-electron chi connectivity index (χ0n) is 10.9. The number of para-hydroxylation sites is 1. The average Bonchev–Trinajstić information content (AvgIpc) is 2.23. The van der Waals surface area contributed by atoms with Gasteiger partial charge in [0.15, 0.2) is 11.6 Å². The van der Waals surface area contributed by atoms with Crippen LogP contribution in [0.1, 0.15) is 19.4 Å². The second-order valence-electron chi connectivity index (χ2n) is 4.64. The molecule has 0 aliphatic carbocycles. The first-order valence-corrected chi connectivity index (χ1v) is 5.84. The number of aromatic hydroxyl groups is 1. The number of phenols is 1. The second kappa shape index (κ2) is 6.35. The number of carbonyl (C=O) groups is 1. The smallest absolute Gasteiger partial charge is 0.234 e. The molecule has 0 heterocycles. The molecule has 0 bridgehead atoms. The zero-order valence-corrected chi connectivity index (χ0v) is 10.9. The van der Waals surface area contributed by atoms with Crippen molar-refractivity contribution < 1.29 is 14.3 Å². The standard InChI is InChI=1S/C13H19FN2O2/c1-9(2)15-12(17)8-16(3)7-10-5-4-6-11(14)13(10)18/h4-6,9,18H,7-8H2,1-3H3,(H,15,17). The van der Waals surface area contributed by atoms with Crippen LogP contribution in [-0.4, -0.2) is 35.5 Å². The van der Waals surface area contributed by atoms with Crippen LogP contribution in [0.25, 0.3) is 0 Å². The van der Waals surface area contributed by atoms with Crippen molar-refractivity contribution in [1.82, 2.24) is 10.2 Å². The minimum Gasteiger partial charge on any atom is -0.505 e. The van der Waals surface area contributed by atoms with Crippen molar-refractivity contribution in [3.05, 3.63) is 29.6 Å². The van der Waals surface area contributed by atoms with E-state index in [0.717, 1.165) is 0 Å². The van der Waals surface area contributed by atoms with Gasteiger partial charge in [-0.1, -0.05) is 12.1 Å². The van der Waals surface area contributed by atoms with Crippen molar-refractivity contribution in [3.63, 3.8) is 0 Å². The fraction of sp³-hybridized carbons (Fsp3) is 0.462. The maximum absolute atomic E-state index is 13.1. The van der Waals surface area contributed by atoms with E-state index in [9.17, 15) is 14.3 Å². The highest BCUT2D eigenvalue weighted by atomic mass is 19.1. The molecular formula is C13H19FN2O2. The number of likely N-dealkylation sites (N-methyl/N-ethyl adjacent to an activating group) is 1. The molecule has 0 aromatic heterocycles. The lowest BCUT2D eigenvalue weighted by Gasteiger charge is -2.18. The summed E-state index contributed by atoms with van der Waals surface area (Å²) in [4.78, 5) is 13.2. The molecule has 1 aromatic carbocycles. The minimum absolute atomic E-state index is 0.0912. The quantitative estimate of drug-likeness (QED) is 0.837. The van der Waals surface area contributed by atoms with E-state index < -0.39 is 5.82 Å². The Kier molecular flexibility index (Phi) is 5.09. The molecule has 0 atom stereocenters. The molecule has 1 amide bonds. The minimum atomic E-state index is -0.646. The predicted molar refractivity (Wildman–Crippen MR) is 67.7 cm³/mol. The Morgan fingerprint density at radius 1 is 1.50 bits per heavy atom. The number of nitrogens with one attached hydrogen (secondary N) is 1. The van der Waals surface area contributed by atoms with Crippen molar-refractivity contribution in [2.45, 2.75) is 26.4 Å². The fourth-order valence-corrected chi connectivity index (χ4v) is 1.65. The van der Waals surface area contributed by atoms with Gasteiger partial charge in [-0.2, -0.15) is 0 Å². The molecule has 5 heteroatoms. The Balaban J connectivity index is 2.57. The average molecular weight is 254 g/mol. The van der Waals surface area contributed by atoms with E-state index >= 15 is 0 Å². The van der Waals surface area contributed by atoms with Gasteiger partial charge in [0.1, 0.15) is 0 Å². The highest BCUT2D eigenvalue weighted by Crippen LogP contribution is 2.21. The summed E-state index contributed by atoms with van der Waals surface area (Å²) in [6, 6.07) is 4.46. The van der Waals surface area contributed by atoms with Gasteiger partial charge in [-0.15, -0.1) is 0 Å². The summed E-state index contributed by atoms with van der Waals surface area (Å²) >= 11 is 0. The number of halogens is 1. The molecule has 18 heavy (non-hydrogen) atoms. The van der Waals surface area contributed by atoms with Crippen LogP contribution in [0.3, 0.4) is 0 Å². The molecule has 1 rings (SSSR count). The van der Waals surface area contributed by atoms with Gasteiger partial charge in [-0.3, -0.25) is 9.69 Å². The molecule has 100 valence electrons. The van der Waals surface area contributed by atoms with Crippen LogP contribution in [0.15, 0.2) is 18.2 Å². The number of hydrogen-bond acceptors (Lipinski definition) is 3. The van der Waals surface area contributed by atoms with Crippen LogP contribution in [0.2, 0.25) is 0 Å². The molecule has 2 N–H and O–H groups in total. The monoisotopic (exact) mass is 254 g/mol. The van der Waals surface area contributed by atoms with Gasteiger partial charge < -0.3 is 10.4 Å². The van der Waals surface area contributed by atoms with Crippen molar-refractivity contribution in [1.29, 1.82) is 0 Å². The molecular weight excluding hydrogens is 235 g/mol. The van der Waals surface area contributed by atoms with E-state index in [0.29, 0.717) is 12.1 Å². The van der Waals surface area contributed by atoms with Crippen LogP contribution >= 0.6 is 0 Å². The van der Waals surface area contributed by atoms with Crippen LogP contribution in [0.4, 0.5) is 4.39 Å². The number of benzene rings is 1. The van der Waals surface area contributed by atoms with Gasteiger partial charge in [-0.25, -0.2) is 4.39 Å². The van der Waals surface area contributed by atoms with Crippen LogP contribution in [0.5, 0.6) is 5.75 Å². The predicted octanol–water partition coefficient (Wildman–Crippen LogP) is 1.49. The highest BCUT2D eigenvalue weighted by Gasteiger charge is 2.11. The summed E-state index contributed by atoms with van der Waals surface area (Å²) in [6.45, 7) is 4.29. The van der Waals surface area contributed by atoms with Crippen LogP contribution < -0.4 is 5.32 Å². The van der Waals surface area contributed by atoms with Crippen molar-refractivity contribution >= 4 is 5.91 Å². The third-order valence-corrected chi connectivity index (χ3v) is 2.37. The Hall–Kier alpha value is -1.62. The number of carbonyl (C=O) groups excluding carboxylic acids is 1. The maximum atomic E-state index is 13.1. The molecule has 0 fully saturated rings. The van der Waals surface area contributed by atoms with E-state index in [4.69, 9.17) is 0 Å². The van der Waals surface area contributed by atoms with Gasteiger partial charge in [0, 0.05) is 18.2 Å². The molecule has 0 unspecified atom stereocenters. The highest BCUT2D eigenvalue weighted by molar-refractivity contribution is 5.78. The van der Waals surface area contributed by atoms with E-state index in [1.807, 2.05) is 13.8 Å².